The average Bonchev–Trinajstić information content (AvgIpc) is 3.34. The Morgan fingerprint density at radius 2 is 1.91 bits per heavy atom. The van der Waals surface area contributed by atoms with E-state index in [0.717, 1.165) is 0 Å². The maximum Gasteiger partial charge on any atom is 0.262 e. The minimum atomic E-state index is 0.714. The molecule has 1 atom stereocenters. The van der Waals surface area contributed by atoms with E-state index in [9.17, 15) is 0 Å². The zero-order chi connectivity index (χ0) is 23.2. The SMILES string of the molecule is CSc1ccc2c(c1)N(C)/C(=C/C1=CC3=C/C(=C/c4sc5ccccc5[n+]4C)CCC3CC1)S2. The molecule has 1 aromatic heterocycles. The molecule has 0 saturated heterocycles. The number of anilines is 1. The number of thiazole rings is 1. The number of aryl methyl sites for hydroxylation is 1. The summed E-state index contributed by atoms with van der Waals surface area (Å²) in [6, 6.07) is 15.5. The molecule has 0 spiro atoms. The summed E-state index contributed by atoms with van der Waals surface area (Å²) < 4.78 is 3.69. The first-order chi connectivity index (χ1) is 16.6. The number of thioether (sulfide) groups is 2. The Hall–Kier alpha value is -2.21. The summed E-state index contributed by atoms with van der Waals surface area (Å²) in [5.74, 6) is 0.714. The first-order valence-electron chi connectivity index (χ1n) is 11.9. The van der Waals surface area contributed by atoms with Crippen LogP contribution in [0.15, 0.2) is 92.2 Å². The van der Waals surface area contributed by atoms with Crippen LogP contribution >= 0.6 is 34.9 Å². The lowest BCUT2D eigenvalue weighted by Crippen LogP contribution is -2.29. The van der Waals surface area contributed by atoms with Gasteiger partial charge < -0.3 is 4.90 Å². The third-order valence-corrected chi connectivity index (χ3v) is 10.3. The maximum atomic E-state index is 2.48. The van der Waals surface area contributed by atoms with Gasteiger partial charge in [-0.25, -0.2) is 0 Å². The molecule has 2 aromatic carbocycles. The second kappa shape index (κ2) is 9.10. The second-order valence-electron chi connectivity index (χ2n) is 9.30. The summed E-state index contributed by atoms with van der Waals surface area (Å²) in [6.07, 6.45) is 16.8. The van der Waals surface area contributed by atoms with Gasteiger partial charge in [0.25, 0.3) is 5.01 Å². The number of para-hydroxylation sites is 1. The van der Waals surface area contributed by atoms with E-state index < -0.39 is 0 Å². The van der Waals surface area contributed by atoms with Crippen LogP contribution in [-0.2, 0) is 7.05 Å². The fourth-order valence-corrected chi connectivity index (χ4v) is 7.87. The van der Waals surface area contributed by atoms with E-state index in [1.807, 2.05) is 34.9 Å². The van der Waals surface area contributed by atoms with Crippen LogP contribution in [0.3, 0.4) is 0 Å². The fourth-order valence-electron chi connectivity index (χ4n) is 5.20. The van der Waals surface area contributed by atoms with E-state index in [0.29, 0.717) is 5.92 Å². The highest BCUT2D eigenvalue weighted by molar-refractivity contribution is 8.03. The molecule has 1 aliphatic heterocycles. The monoisotopic (exact) mass is 501 g/mol. The van der Waals surface area contributed by atoms with Crippen molar-refractivity contribution >= 4 is 56.8 Å². The van der Waals surface area contributed by atoms with Gasteiger partial charge in [-0.2, -0.15) is 4.57 Å². The molecule has 34 heavy (non-hydrogen) atoms. The van der Waals surface area contributed by atoms with Crippen LogP contribution in [0, 0.1) is 5.92 Å². The Balaban J connectivity index is 1.29. The summed E-state index contributed by atoms with van der Waals surface area (Å²) >= 11 is 5.59. The number of aromatic nitrogens is 1. The van der Waals surface area contributed by atoms with Gasteiger partial charge >= 0.3 is 0 Å². The Morgan fingerprint density at radius 3 is 2.76 bits per heavy atom. The number of benzene rings is 2. The average molecular weight is 502 g/mol. The quantitative estimate of drug-likeness (QED) is 0.265. The highest BCUT2D eigenvalue weighted by Crippen LogP contribution is 2.47. The van der Waals surface area contributed by atoms with Gasteiger partial charge in [0.1, 0.15) is 11.7 Å². The van der Waals surface area contributed by atoms with Gasteiger partial charge in [-0.3, -0.25) is 0 Å². The molecule has 0 amide bonds. The summed E-state index contributed by atoms with van der Waals surface area (Å²) in [6.45, 7) is 0. The van der Waals surface area contributed by atoms with E-state index in [2.05, 4.69) is 96.6 Å². The summed E-state index contributed by atoms with van der Waals surface area (Å²) in [4.78, 5) is 5.04. The van der Waals surface area contributed by atoms with E-state index in [-0.39, 0.29) is 0 Å². The van der Waals surface area contributed by atoms with Crippen LogP contribution in [-0.4, -0.2) is 13.3 Å². The first kappa shape index (κ1) is 22.3. The highest BCUT2D eigenvalue weighted by atomic mass is 32.2. The van der Waals surface area contributed by atoms with Crippen LogP contribution in [0.4, 0.5) is 5.69 Å². The number of rotatable bonds is 3. The molecule has 0 saturated carbocycles. The molecule has 2 aliphatic carbocycles. The standard InChI is InChI=1S/C29H29N2S3/c1-30-24-6-4-5-7-26(24)33-28(30)16-19-8-10-21-11-9-20(15-22(21)14-19)17-29-31(2)25-18-23(32-3)12-13-27(25)34-29/h4-7,12-18,21H,8-11H2,1-3H3/q+1. The van der Waals surface area contributed by atoms with Crippen molar-refractivity contribution in [3.8, 4) is 0 Å². The Labute approximate surface area is 214 Å². The summed E-state index contributed by atoms with van der Waals surface area (Å²) in [7, 11) is 4.39. The number of nitrogens with zero attached hydrogens (tertiary/aromatic N) is 2. The molecule has 2 heterocycles. The van der Waals surface area contributed by atoms with Gasteiger partial charge in [-0.05, 0) is 84.9 Å². The predicted molar refractivity (Wildman–Crippen MR) is 150 cm³/mol. The van der Waals surface area contributed by atoms with Crippen molar-refractivity contribution in [2.24, 2.45) is 13.0 Å². The Morgan fingerprint density at radius 1 is 1.06 bits per heavy atom. The van der Waals surface area contributed by atoms with Crippen LogP contribution in [0.2, 0.25) is 0 Å². The summed E-state index contributed by atoms with van der Waals surface area (Å²) in [5, 5.41) is 2.67. The molecular weight excluding hydrogens is 473 g/mol. The smallest absolute Gasteiger partial charge is 0.262 e. The van der Waals surface area contributed by atoms with Crippen molar-refractivity contribution < 1.29 is 4.57 Å². The fraction of sp³-hybridized carbons (Fsp3) is 0.276. The molecule has 172 valence electrons. The van der Waals surface area contributed by atoms with E-state index in [4.69, 9.17) is 0 Å². The lowest BCUT2D eigenvalue weighted by molar-refractivity contribution is -0.642. The topological polar surface area (TPSA) is 7.12 Å². The molecule has 3 aromatic rings. The van der Waals surface area contributed by atoms with Crippen molar-refractivity contribution in [3.05, 3.63) is 87.4 Å². The van der Waals surface area contributed by atoms with Crippen LogP contribution < -0.4 is 9.47 Å². The molecule has 5 heteroatoms. The number of fused-ring (bicyclic) bond motifs is 3. The lowest BCUT2D eigenvalue weighted by atomic mass is 9.77. The lowest BCUT2D eigenvalue weighted by Gasteiger charge is -2.28. The van der Waals surface area contributed by atoms with Gasteiger partial charge in [0.2, 0.25) is 5.52 Å². The molecule has 0 bridgehead atoms. The van der Waals surface area contributed by atoms with Crippen LogP contribution in [0.25, 0.3) is 16.3 Å². The third kappa shape index (κ3) is 4.08. The molecule has 6 rings (SSSR count). The van der Waals surface area contributed by atoms with Gasteiger partial charge in [-0.15, -0.1) is 11.8 Å². The first-order valence-corrected chi connectivity index (χ1v) is 14.8. The van der Waals surface area contributed by atoms with Crippen molar-refractivity contribution in [1.82, 2.24) is 0 Å². The minimum Gasteiger partial charge on any atom is -0.338 e. The molecule has 0 fully saturated rings. The maximum absolute atomic E-state index is 2.48. The zero-order valence-electron chi connectivity index (χ0n) is 19.9. The van der Waals surface area contributed by atoms with Crippen LogP contribution in [0.5, 0.6) is 0 Å². The molecule has 2 nitrogen and oxygen atoms in total. The number of hydrogen-bond acceptors (Lipinski definition) is 4. The Kier molecular flexibility index (Phi) is 5.96. The zero-order valence-corrected chi connectivity index (χ0v) is 22.3. The number of allylic oxidation sites excluding steroid dienone is 6. The third-order valence-electron chi connectivity index (χ3n) is 7.20. The van der Waals surface area contributed by atoms with Crippen molar-refractivity contribution in [1.29, 1.82) is 0 Å². The van der Waals surface area contributed by atoms with E-state index in [1.165, 1.54) is 78.1 Å². The second-order valence-corrected chi connectivity index (χ2v) is 12.3. The normalized spacial score (nSPS) is 22.2. The van der Waals surface area contributed by atoms with Gasteiger partial charge in [-0.1, -0.05) is 47.4 Å². The van der Waals surface area contributed by atoms with Crippen molar-refractivity contribution in [3.63, 3.8) is 0 Å². The summed E-state index contributed by atoms with van der Waals surface area (Å²) in [5.41, 5.74) is 7.09. The van der Waals surface area contributed by atoms with Gasteiger partial charge in [0.15, 0.2) is 0 Å². The van der Waals surface area contributed by atoms with Gasteiger partial charge in [0.05, 0.1) is 10.7 Å². The Bertz CT molecular complexity index is 1410. The molecule has 3 aliphatic rings. The van der Waals surface area contributed by atoms with Crippen LogP contribution in [0.1, 0.15) is 30.7 Å². The number of hydrogen-bond donors (Lipinski definition) is 0. The minimum absolute atomic E-state index is 0.714. The van der Waals surface area contributed by atoms with Crippen molar-refractivity contribution in [2.75, 3.05) is 18.2 Å². The van der Waals surface area contributed by atoms with E-state index in [1.54, 1.807) is 0 Å². The highest BCUT2D eigenvalue weighted by Gasteiger charge is 2.26. The molecule has 0 N–H and O–H groups in total. The van der Waals surface area contributed by atoms with Crippen molar-refractivity contribution in [2.45, 2.75) is 35.5 Å². The largest absolute Gasteiger partial charge is 0.338 e. The van der Waals surface area contributed by atoms with Gasteiger partial charge in [0, 0.05) is 29.0 Å². The molecule has 0 radical (unpaired) electrons. The van der Waals surface area contributed by atoms with E-state index >= 15 is 0 Å². The molecular formula is C29H29N2S3+. The molecule has 1 unspecified atom stereocenters. The predicted octanol–water partition coefficient (Wildman–Crippen LogP) is 7.97.